The minimum atomic E-state index is -0.874. The van der Waals surface area contributed by atoms with Crippen LogP contribution < -0.4 is 0 Å². The second-order valence-electron chi connectivity index (χ2n) is 6.22. The number of halogens is 1. The highest BCUT2D eigenvalue weighted by Gasteiger charge is 2.27. The second-order valence-corrected chi connectivity index (χ2v) is 7.87. The summed E-state index contributed by atoms with van der Waals surface area (Å²) in [6.45, 7) is 2.09. The molecule has 3 aromatic rings. The van der Waals surface area contributed by atoms with Gasteiger partial charge < -0.3 is 5.11 Å². The lowest BCUT2D eigenvalue weighted by atomic mass is 9.96. The topological polar surface area (TPSA) is 68.0 Å². The molecule has 5 nitrogen and oxygen atoms in total. The second kappa shape index (κ2) is 6.46. The van der Waals surface area contributed by atoms with E-state index in [2.05, 4.69) is 57.3 Å². The first-order chi connectivity index (χ1) is 12.1. The summed E-state index contributed by atoms with van der Waals surface area (Å²) in [5.74, 6) is -0.272. The summed E-state index contributed by atoms with van der Waals surface area (Å²) in [6.07, 6.45) is 2.50. The average molecular weight is 418 g/mol. The number of aliphatic carboxylic acids is 1. The summed E-state index contributed by atoms with van der Waals surface area (Å²) in [6, 6.07) is 10.6. The molecule has 7 heteroatoms. The number of fused-ring (bicyclic) bond motifs is 1. The predicted molar refractivity (Wildman–Crippen MR) is 102 cm³/mol. The molecule has 128 valence electrons. The van der Waals surface area contributed by atoms with Crippen LogP contribution in [0.5, 0.6) is 0 Å². The fraction of sp³-hybridized carbons (Fsp3) is 0.278. The fourth-order valence-electron chi connectivity index (χ4n) is 3.22. The van der Waals surface area contributed by atoms with Gasteiger partial charge in [-0.25, -0.2) is 0 Å². The van der Waals surface area contributed by atoms with Crippen molar-refractivity contribution in [2.75, 3.05) is 5.75 Å². The van der Waals surface area contributed by atoms with Crippen LogP contribution >= 0.6 is 27.7 Å². The van der Waals surface area contributed by atoms with Crippen LogP contribution in [0, 0.1) is 6.92 Å². The number of carboxylic acid groups (broad SMARTS) is 1. The largest absolute Gasteiger partial charge is 0.481 e. The van der Waals surface area contributed by atoms with E-state index in [4.69, 9.17) is 5.11 Å². The molecule has 0 bridgehead atoms. The minimum absolute atomic E-state index is 0.0533. The Morgan fingerprint density at radius 1 is 1.32 bits per heavy atom. The first-order valence-electron chi connectivity index (χ1n) is 8.04. The summed E-state index contributed by atoms with van der Waals surface area (Å²) in [5.41, 5.74) is 3.55. The van der Waals surface area contributed by atoms with Crippen LogP contribution in [0.15, 0.2) is 40.2 Å². The van der Waals surface area contributed by atoms with Gasteiger partial charge in [-0.2, -0.15) is 0 Å². The van der Waals surface area contributed by atoms with Crippen molar-refractivity contribution in [2.45, 2.75) is 30.8 Å². The Morgan fingerprint density at radius 3 is 2.72 bits per heavy atom. The number of benzene rings is 2. The predicted octanol–water partition coefficient (Wildman–Crippen LogP) is 4.55. The summed E-state index contributed by atoms with van der Waals surface area (Å²) >= 11 is 4.64. The van der Waals surface area contributed by atoms with E-state index in [0.717, 1.165) is 16.6 Å². The third-order valence-electron chi connectivity index (χ3n) is 4.40. The van der Waals surface area contributed by atoms with Gasteiger partial charge in [-0.15, -0.1) is 10.2 Å². The Morgan fingerprint density at radius 2 is 2.04 bits per heavy atom. The van der Waals surface area contributed by atoms with Crippen LogP contribution in [-0.4, -0.2) is 31.6 Å². The number of carbonyl (C=O) groups is 1. The van der Waals surface area contributed by atoms with Gasteiger partial charge in [-0.1, -0.05) is 42.1 Å². The number of aryl methyl sites for hydroxylation is 1. The first kappa shape index (κ1) is 16.6. The van der Waals surface area contributed by atoms with Crippen molar-refractivity contribution < 1.29 is 9.90 Å². The highest BCUT2D eigenvalue weighted by Crippen LogP contribution is 2.45. The van der Waals surface area contributed by atoms with Crippen molar-refractivity contribution in [3.05, 3.63) is 46.2 Å². The standard InChI is InChI=1S/C18H16BrN3O2S/c1-10-8-14(11-6-7-11)12-4-2-3-5-13(12)16(10)22-17(19)20-21-18(22)25-9-15(23)24/h2-5,8,11H,6-7,9H2,1H3,(H,23,24). The lowest BCUT2D eigenvalue weighted by molar-refractivity contribution is -0.133. The van der Waals surface area contributed by atoms with E-state index in [1.54, 1.807) is 0 Å². The van der Waals surface area contributed by atoms with Gasteiger partial charge in [-0.3, -0.25) is 9.36 Å². The Hall–Kier alpha value is -1.86. The Bertz CT molecular complexity index is 982. The van der Waals surface area contributed by atoms with Gasteiger partial charge in [0.05, 0.1) is 11.4 Å². The number of hydrogen-bond acceptors (Lipinski definition) is 4. The van der Waals surface area contributed by atoms with Gasteiger partial charge >= 0.3 is 5.97 Å². The molecule has 1 fully saturated rings. The molecule has 0 amide bonds. The van der Waals surface area contributed by atoms with E-state index in [-0.39, 0.29) is 5.75 Å². The molecule has 0 atom stereocenters. The normalized spacial score (nSPS) is 14.2. The molecule has 25 heavy (non-hydrogen) atoms. The van der Waals surface area contributed by atoms with Gasteiger partial charge in [0.1, 0.15) is 0 Å². The monoisotopic (exact) mass is 417 g/mol. The van der Waals surface area contributed by atoms with Crippen LogP contribution in [0.4, 0.5) is 0 Å². The molecule has 1 N–H and O–H groups in total. The minimum Gasteiger partial charge on any atom is -0.481 e. The van der Waals surface area contributed by atoms with Crippen molar-refractivity contribution in [1.29, 1.82) is 0 Å². The molecule has 4 rings (SSSR count). The van der Waals surface area contributed by atoms with Gasteiger partial charge in [0, 0.05) is 5.39 Å². The van der Waals surface area contributed by atoms with Crippen molar-refractivity contribution in [1.82, 2.24) is 14.8 Å². The number of aromatic nitrogens is 3. The average Bonchev–Trinajstić information content (AvgIpc) is 3.37. The maximum absolute atomic E-state index is 10.9. The molecular weight excluding hydrogens is 402 g/mol. The van der Waals surface area contributed by atoms with Crippen molar-refractivity contribution in [3.8, 4) is 5.69 Å². The smallest absolute Gasteiger partial charge is 0.313 e. The SMILES string of the molecule is Cc1cc(C2CC2)c2ccccc2c1-n1c(Br)nnc1SCC(=O)O. The Labute approximate surface area is 157 Å². The van der Waals surface area contributed by atoms with Crippen molar-refractivity contribution in [3.63, 3.8) is 0 Å². The molecule has 0 radical (unpaired) electrons. The lowest BCUT2D eigenvalue weighted by Crippen LogP contribution is -2.05. The number of rotatable bonds is 5. The van der Waals surface area contributed by atoms with Crippen LogP contribution in [0.2, 0.25) is 0 Å². The molecule has 2 aromatic carbocycles. The number of carboxylic acids is 1. The van der Waals surface area contributed by atoms with E-state index in [1.807, 2.05) is 10.6 Å². The molecule has 0 unspecified atom stereocenters. The molecule has 1 aromatic heterocycles. The number of hydrogen-bond donors (Lipinski definition) is 1. The molecule has 0 spiro atoms. The summed E-state index contributed by atoms with van der Waals surface area (Å²) < 4.78 is 2.48. The van der Waals surface area contributed by atoms with Crippen LogP contribution in [0.25, 0.3) is 16.5 Å². The van der Waals surface area contributed by atoms with Crippen LogP contribution in [-0.2, 0) is 4.79 Å². The number of thioether (sulfide) groups is 1. The van der Waals surface area contributed by atoms with E-state index in [0.29, 0.717) is 15.8 Å². The maximum Gasteiger partial charge on any atom is 0.313 e. The molecular formula is C18H16BrN3O2S. The zero-order valence-electron chi connectivity index (χ0n) is 13.6. The van der Waals surface area contributed by atoms with Gasteiger partial charge in [0.15, 0.2) is 5.16 Å². The van der Waals surface area contributed by atoms with E-state index in [1.165, 1.54) is 35.6 Å². The Kier molecular flexibility index (Phi) is 4.29. The quantitative estimate of drug-likeness (QED) is 0.616. The summed E-state index contributed by atoms with van der Waals surface area (Å²) in [5, 5.41) is 20.2. The van der Waals surface area contributed by atoms with Crippen LogP contribution in [0.1, 0.15) is 29.9 Å². The number of nitrogens with zero attached hydrogens (tertiary/aromatic N) is 3. The molecule has 0 aliphatic heterocycles. The highest BCUT2D eigenvalue weighted by molar-refractivity contribution is 9.10. The first-order valence-corrected chi connectivity index (χ1v) is 9.82. The fourth-order valence-corrected chi connectivity index (χ4v) is 4.42. The van der Waals surface area contributed by atoms with Crippen LogP contribution in [0.3, 0.4) is 0 Å². The maximum atomic E-state index is 10.9. The highest BCUT2D eigenvalue weighted by atomic mass is 79.9. The zero-order chi connectivity index (χ0) is 17.6. The van der Waals surface area contributed by atoms with Crippen molar-refractivity contribution >= 4 is 44.4 Å². The molecule has 1 aliphatic rings. The zero-order valence-corrected chi connectivity index (χ0v) is 16.0. The van der Waals surface area contributed by atoms with E-state index >= 15 is 0 Å². The molecule has 1 heterocycles. The third kappa shape index (κ3) is 3.06. The lowest BCUT2D eigenvalue weighted by Gasteiger charge is -2.17. The molecule has 0 saturated heterocycles. The third-order valence-corrected chi connectivity index (χ3v) is 5.83. The van der Waals surface area contributed by atoms with E-state index < -0.39 is 5.97 Å². The van der Waals surface area contributed by atoms with Gasteiger partial charge in [-0.05, 0) is 58.1 Å². The summed E-state index contributed by atoms with van der Waals surface area (Å²) in [4.78, 5) is 10.9. The van der Waals surface area contributed by atoms with E-state index in [9.17, 15) is 4.79 Å². The molecule has 1 saturated carbocycles. The Balaban J connectivity index is 1.93. The van der Waals surface area contributed by atoms with Crippen molar-refractivity contribution in [2.24, 2.45) is 0 Å². The summed E-state index contributed by atoms with van der Waals surface area (Å²) in [7, 11) is 0. The van der Waals surface area contributed by atoms with Gasteiger partial charge in [0.25, 0.3) is 0 Å². The van der Waals surface area contributed by atoms with Gasteiger partial charge in [0.2, 0.25) is 4.73 Å². The molecule has 1 aliphatic carbocycles.